The first-order valence-corrected chi connectivity index (χ1v) is 4.34. The average molecular weight is 187 g/mol. The van der Waals surface area contributed by atoms with E-state index in [0.717, 1.165) is 5.56 Å². The van der Waals surface area contributed by atoms with Gasteiger partial charge in [0.1, 0.15) is 12.6 Å². The van der Waals surface area contributed by atoms with Crippen LogP contribution in [-0.2, 0) is 4.74 Å². The monoisotopic (exact) mass is 187 g/mol. The first-order chi connectivity index (χ1) is 6.84. The summed E-state index contributed by atoms with van der Waals surface area (Å²) in [7, 11) is 0. The first-order valence-electron chi connectivity index (χ1n) is 4.34. The van der Waals surface area contributed by atoms with Gasteiger partial charge >= 0.3 is 6.09 Å². The van der Waals surface area contributed by atoms with Gasteiger partial charge in [-0.25, -0.2) is 4.79 Å². The molecular formula is C11H9NO2. The van der Waals surface area contributed by atoms with Gasteiger partial charge in [-0.05, 0) is 12.1 Å². The molecule has 1 unspecified atom stereocenters. The van der Waals surface area contributed by atoms with Gasteiger partial charge < -0.3 is 10.1 Å². The topological polar surface area (TPSA) is 38.3 Å². The van der Waals surface area contributed by atoms with Crippen molar-refractivity contribution < 1.29 is 9.53 Å². The molecule has 0 spiro atoms. The highest BCUT2D eigenvalue weighted by Crippen LogP contribution is 1.98. The maximum Gasteiger partial charge on any atom is 0.408 e. The van der Waals surface area contributed by atoms with Gasteiger partial charge in [0.25, 0.3) is 0 Å². The minimum absolute atomic E-state index is 0.178. The quantitative estimate of drug-likeness (QED) is 0.619. The molecule has 1 aliphatic heterocycles. The Balaban J connectivity index is 2.04. The Kier molecular flexibility index (Phi) is 2.37. The van der Waals surface area contributed by atoms with Crippen molar-refractivity contribution in [2.24, 2.45) is 0 Å². The molecule has 14 heavy (non-hydrogen) atoms. The molecule has 1 aromatic carbocycles. The summed E-state index contributed by atoms with van der Waals surface area (Å²) in [4.78, 5) is 10.7. The number of carbonyl (C=O) groups excluding carboxylic acids is 1. The van der Waals surface area contributed by atoms with E-state index in [-0.39, 0.29) is 6.04 Å². The van der Waals surface area contributed by atoms with Crippen LogP contribution in [0.5, 0.6) is 0 Å². The molecule has 70 valence electrons. The number of amides is 1. The zero-order valence-corrected chi connectivity index (χ0v) is 7.49. The number of hydrogen-bond donors (Lipinski definition) is 1. The summed E-state index contributed by atoms with van der Waals surface area (Å²) < 4.78 is 4.70. The van der Waals surface area contributed by atoms with Crippen molar-refractivity contribution in [2.75, 3.05) is 6.61 Å². The highest BCUT2D eigenvalue weighted by Gasteiger charge is 2.19. The van der Waals surface area contributed by atoms with E-state index in [4.69, 9.17) is 4.74 Å². The highest BCUT2D eigenvalue weighted by molar-refractivity contribution is 5.70. The predicted octanol–water partition coefficient (Wildman–Crippen LogP) is 1.15. The van der Waals surface area contributed by atoms with Crippen molar-refractivity contribution >= 4 is 6.09 Å². The van der Waals surface area contributed by atoms with Crippen molar-refractivity contribution in [3.63, 3.8) is 0 Å². The summed E-state index contributed by atoms with van der Waals surface area (Å²) in [6.45, 7) is 0.332. The Labute approximate surface area is 82.1 Å². The lowest BCUT2D eigenvalue weighted by atomic mass is 10.2. The molecule has 3 nitrogen and oxygen atoms in total. The number of benzene rings is 1. The van der Waals surface area contributed by atoms with Crippen molar-refractivity contribution in [3.8, 4) is 11.8 Å². The van der Waals surface area contributed by atoms with Gasteiger partial charge in [-0.2, -0.15) is 0 Å². The fraction of sp³-hybridized carbons (Fsp3) is 0.182. The molecule has 0 radical (unpaired) electrons. The van der Waals surface area contributed by atoms with Crippen molar-refractivity contribution in [1.82, 2.24) is 5.32 Å². The van der Waals surface area contributed by atoms with Gasteiger partial charge in [-0.3, -0.25) is 0 Å². The maximum atomic E-state index is 10.7. The van der Waals surface area contributed by atoms with Gasteiger partial charge in [0, 0.05) is 5.56 Å². The zero-order chi connectivity index (χ0) is 9.80. The summed E-state index contributed by atoms with van der Waals surface area (Å²) in [5, 5.41) is 2.59. The SMILES string of the molecule is O=C1NC(C#Cc2ccccc2)CO1. The predicted molar refractivity (Wildman–Crippen MR) is 51.6 cm³/mol. The second kappa shape index (κ2) is 3.84. The highest BCUT2D eigenvalue weighted by atomic mass is 16.6. The van der Waals surface area contributed by atoms with Gasteiger partial charge in [-0.15, -0.1) is 0 Å². The normalized spacial score (nSPS) is 19.1. The Morgan fingerprint density at radius 3 is 2.79 bits per heavy atom. The molecular weight excluding hydrogens is 178 g/mol. The van der Waals surface area contributed by atoms with Crippen molar-refractivity contribution in [3.05, 3.63) is 35.9 Å². The van der Waals surface area contributed by atoms with E-state index < -0.39 is 6.09 Å². The largest absolute Gasteiger partial charge is 0.446 e. The average Bonchev–Trinajstić information content (AvgIpc) is 2.63. The molecule has 1 aliphatic rings. The van der Waals surface area contributed by atoms with Crippen molar-refractivity contribution in [1.29, 1.82) is 0 Å². The lowest BCUT2D eigenvalue weighted by Crippen LogP contribution is -2.24. The number of ether oxygens (including phenoxy) is 1. The summed E-state index contributed by atoms with van der Waals surface area (Å²) in [6, 6.07) is 9.45. The fourth-order valence-electron chi connectivity index (χ4n) is 1.15. The van der Waals surface area contributed by atoms with Gasteiger partial charge in [-0.1, -0.05) is 30.0 Å². The second-order valence-electron chi connectivity index (χ2n) is 2.93. The smallest absolute Gasteiger partial charge is 0.408 e. The number of nitrogens with one attached hydrogen (secondary N) is 1. The van der Waals surface area contributed by atoms with E-state index in [9.17, 15) is 4.79 Å². The van der Waals surface area contributed by atoms with Crippen LogP contribution in [0.3, 0.4) is 0 Å². The van der Waals surface area contributed by atoms with E-state index in [0.29, 0.717) is 6.61 Å². The fourth-order valence-corrected chi connectivity index (χ4v) is 1.15. The standard InChI is InChI=1S/C11H9NO2/c13-11-12-10(8-14-11)7-6-9-4-2-1-3-5-9/h1-5,10H,8H2,(H,12,13). The number of carbonyl (C=O) groups is 1. The third-order valence-electron chi connectivity index (χ3n) is 1.84. The van der Waals surface area contributed by atoms with Crippen LogP contribution in [0.2, 0.25) is 0 Å². The molecule has 2 rings (SSSR count). The second-order valence-corrected chi connectivity index (χ2v) is 2.93. The van der Waals surface area contributed by atoms with Crippen LogP contribution in [-0.4, -0.2) is 18.7 Å². The molecule has 0 aliphatic carbocycles. The molecule has 0 saturated carbocycles. The maximum absolute atomic E-state index is 10.7. The van der Waals surface area contributed by atoms with Gasteiger partial charge in [0.05, 0.1) is 0 Å². The van der Waals surface area contributed by atoms with E-state index in [2.05, 4.69) is 17.2 Å². The number of hydrogen-bond acceptors (Lipinski definition) is 2. The minimum Gasteiger partial charge on any atom is -0.446 e. The Morgan fingerprint density at radius 1 is 1.36 bits per heavy atom. The molecule has 1 aromatic rings. The van der Waals surface area contributed by atoms with Gasteiger partial charge in [0.15, 0.2) is 0 Å². The molecule has 1 fully saturated rings. The summed E-state index contributed by atoms with van der Waals surface area (Å²) in [6.07, 6.45) is -0.391. The number of alkyl carbamates (subject to hydrolysis) is 1. The van der Waals surface area contributed by atoms with Gasteiger partial charge in [0.2, 0.25) is 0 Å². The third kappa shape index (κ3) is 2.05. The van der Waals surface area contributed by atoms with E-state index in [1.54, 1.807) is 0 Å². The van der Waals surface area contributed by atoms with Crippen molar-refractivity contribution in [2.45, 2.75) is 6.04 Å². The first kappa shape index (κ1) is 8.64. The number of cyclic esters (lactones) is 1. The molecule has 1 heterocycles. The lowest BCUT2D eigenvalue weighted by Gasteiger charge is -1.93. The molecule has 1 saturated heterocycles. The van der Waals surface area contributed by atoms with Crippen LogP contribution < -0.4 is 5.32 Å². The molecule has 1 amide bonds. The Bertz CT molecular complexity index is 389. The molecule has 0 bridgehead atoms. The number of rotatable bonds is 0. The molecule has 0 aromatic heterocycles. The van der Waals surface area contributed by atoms with Crippen LogP contribution in [0.1, 0.15) is 5.56 Å². The van der Waals surface area contributed by atoms with E-state index >= 15 is 0 Å². The van der Waals surface area contributed by atoms with Crippen LogP contribution in [0.25, 0.3) is 0 Å². The Morgan fingerprint density at radius 2 is 2.14 bits per heavy atom. The molecule has 1 N–H and O–H groups in total. The molecule has 1 atom stereocenters. The summed E-state index contributed by atoms with van der Waals surface area (Å²) >= 11 is 0. The van der Waals surface area contributed by atoms with Crippen LogP contribution in [0.15, 0.2) is 30.3 Å². The Hall–Kier alpha value is -1.95. The zero-order valence-electron chi connectivity index (χ0n) is 7.49. The molecule has 3 heteroatoms. The minimum atomic E-state index is -0.391. The lowest BCUT2D eigenvalue weighted by molar-refractivity contribution is 0.177. The summed E-state index contributed by atoms with van der Waals surface area (Å²) in [5.74, 6) is 5.88. The van der Waals surface area contributed by atoms with Crippen LogP contribution >= 0.6 is 0 Å². The van der Waals surface area contributed by atoms with Crippen LogP contribution in [0, 0.1) is 11.8 Å². The van der Waals surface area contributed by atoms with E-state index in [1.807, 2.05) is 30.3 Å². The third-order valence-corrected chi connectivity index (χ3v) is 1.84. The van der Waals surface area contributed by atoms with E-state index in [1.165, 1.54) is 0 Å². The van der Waals surface area contributed by atoms with Crippen LogP contribution in [0.4, 0.5) is 4.79 Å². The summed E-state index contributed by atoms with van der Waals surface area (Å²) in [5.41, 5.74) is 0.939.